The Labute approximate surface area is 228 Å². The number of carboxylic acids is 1. The average Bonchev–Trinajstić information content (AvgIpc) is 3.70. The molecule has 1 aliphatic heterocycles. The van der Waals surface area contributed by atoms with E-state index in [1.807, 2.05) is 60.7 Å². The molecule has 1 saturated heterocycles. The van der Waals surface area contributed by atoms with Gasteiger partial charge in [-0.2, -0.15) is 0 Å². The van der Waals surface area contributed by atoms with Crippen LogP contribution in [0.25, 0.3) is 0 Å². The molecule has 2 aromatic carbocycles. The molecule has 1 fully saturated rings. The van der Waals surface area contributed by atoms with E-state index in [1.165, 1.54) is 7.05 Å². The maximum absolute atomic E-state index is 12.4. The number of hydrogen-bond acceptors (Lipinski definition) is 7. The van der Waals surface area contributed by atoms with Gasteiger partial charge >= 0.3 is 5.97 Å². The molecule has 0 saturated carbocycles. The zero-order valence-electron chi connectivity index (χ0n) is 21.2. The van der Waals surface area contributed by atoms with Gasteiger partial charge in [0.2, 0.25) is 5.91 Å². The van der Waals surface area contributed by atoms with Gasteiger partial charge in [-0.05, 0) is 43.5 Å². The van der Waals surface area contributed by atoms with Crippen molar-refractivity contribution in [3.05, 3.63) is 66.2 Å². The number of unbranched alkanes of at least 4 members (excludes halogenated alkanes) is 1. The molecule has 38 heavy (non-hydrogen) atoms. The lowest BCUT2D eigenvalue weighted by Crippen LogP contribution is -2.49. The topological polar surface area (TPSA) is 189 Å². The summed E-state index contributed by atoms with van der Waals surface area (Å²) in [5, 5.41) is 16.7. The average molecular weight is 550 g/mol. The van der Waals surface area contributed by atoms with Crippen LogP contribution in [0.4, 0.5) is 5.69 Å². The van der Waals surface area contributed by atoms with Gasteiger partial charge in [0.1, 0.15) is 12.1 Å². The molecule has 1 aliphatic rings. The van der Waals surface area contributed by atoms with Crippen LogP contribution in [-0.4, -0.2) is 66.7 Å². The summed E-state index contributed by atoms with van der Waals surface area (Å²) in [5.74, 6) is -2.81. The van der Waals surface area contributed by atoms with Crippen molar-refractivity contribution in [2.75, 3.05) is 19.3 Å². The van der Waals surface area contributed by atoms with Crippen LogP contribution in [0.15, 0.2) is 60.7 Å². The smallest absolute Gasteiger partial charge is 0.326 e. The Balaban J connectivity index is 0.000000779. The second-order valence-electron chi connectivity index (χ2n) is 8.44. The minimum absolute atomic E-state index is 0. The largest absolute Gasteiger partial charge is 0.480 e. The van der Waals surface area contributed by atoms with Crippen molar-refractivity contribution in [1.29, 1.82) is 0 Å². The van der Waals surface area contributed by atoms with Crippen molar-refractivity contribution in [2.45, 2.75) is 50.0 Å². The highest BCUT2D eigenvalue weighted by atomic mass is 35.5. The van der Waals surface area contributed by atoms with Crippen LogP contribution in [0, 0.1) is 0 Å². The van der Waals surface area contributed by atoms with Crippen LogP contribution in [0.1, 0.15) is 24.8 Å². The molecule has 2 unspecified atom stereocenters. The third-order valence-electron chi connectivity index (χ3n) is 5.53. The van der Waals surface area contributed by atoms with E-state index in [0.29, 0.717) is 19.4 Å². The monoisotopic (exact) mass is 549 g/mol. The van der Waals surface area contributed by atoms with E-state index in [0.717, 1.165) is 11.3 Å². The van der Waals surface area contributed by atoms with Gasteiger partial charge in [0.25, 0.3) is 11.8 Å². The van der Waals surface area contributed by atoms with E-state index < -0.39 is 42.1 Å². The molecule has 208 valence electrons. The first-order chi connectivity index (χ1) is 17.8. The van der Waals surface area contributed by atoms with E-state index in [1.54, 1.807) is 0 Å². The number of hydrogen-bond donors (Lipinski definition) is 6. The van der Waals surface area contributed by atoms with Gasteiger partial charge in [-0.3, -0.25) is 14.4 Å². The highest BCUT2D eigenvalue weighted by Crippen LogP contribution is 2.23. The number of likely N-dealkylation sites (N-methyl/N-ethyl adjacent to an activating group) is 1. The maximum Gasteiger partial charge on any atom is 0.326 e. The first kappa shape index (κ1) is 32.4. The number of para-hydroxylation sites is 1. The number of halogens is 1. The number of epoxide rings is 1. The summed E-state index contributed by atoms with van der Waals surface area (Å²) < 4.78 is 5.14. The second-order valence-corrected chi connectivity index (χ2v) is 8.44. The first-order valence-electron chi connectivity index (χ1n) is 12.0. The summed E-state index contributed by atoms with van der Waals surface area (Å²) in [7, 11) is 1.47. The molecule has 0 bridgehead atoms. The van der Waals surface area contributed by atoms with Crippen LogP contribution in [-0.2, 0) is 30.3 Å². The molecule has 4 atom stereocenters. The second kappa shape index (κ2) is 17.0. The number of nitrogen functional groups attached to an aromatic ring is 1. The van der Waals surface area contributed by atoms with Crippen LogP contribution in [0.2, 0.25) is 0 Å². The molecule has 2 aromatic rings. The van der Waals surface area contributed by atoms with Gasteiger partial charge in [0.05, 0.1) is 0 Å². The van der Waals surface area contributed by atoms with Crippen LogP contribution in [0.5, 0.6) is 0 Å². The van der Waals surface area contributed by atoms with E-state index in [4.69, 9.17) is 16.2 Å². The summed E-state index contributed by atoms with van der Waals surface area (Å²) in [4.78, 5) is 48.1. The number of nitrogens with one attached hydrogen (secondary N) is 3. The highest BCUT2D eigenvalue weighted by Gasteiger charge is 2.51. The molecule has 12 heteroatoms. The molecule has 1 heterocycles. The molecule has 3 rings (SSSR count). The Morgan fingerprint density at radius 2 is 1.42 bits per heavy atom. The van der Waals surface area contributed by atoms with Crippen molar-refractivity contribution < 1.29 is 29.0 Å². The third-order valence-corrected chi connectivity index (χ3v) is 5.53. The number of amides is 3. The Bertz CT molecular complexity index is 1030. The number of aliphatic carboxylic acids is 1. The van der Waals surface area contributed by atoms with Gasteiger partial charge in [0, 0.05) is 19.2 Å². The molecular formula is C26H36ClN5O6. The molecule has 0 radical (unpaired) electrons. The fourth-order valence-corrected chi connectivity index (χ4v) is 3.46. The number of carboxylic acid groups (broad SMARTS) is 1. The maximum atomic E-state index is 12.4. The lowest BCUT2D eigenvalue weighted by atomic mass is 10.0. The number of rotatable bonds is 12. The lowest BCUT2D eigenvalue weighted by Gasteiger charge is -2.17. The lowest BCUT2D eigenvalue weighted by molar-refractivity contribution is -0.142. The molecular weight excluding hydrogens is 514 g/mol. The number of carbonyl (C=O) groups excluding carboxylic acids is 3. The summed E-state index contributed by atoms with van der Waals surface area (Å²) >= 11 is 0. The molecule has 0 aromatic heterocycles. The first-order valence-corrected chi connectivity index (χ1v) is 12.0. The van der Waals surface area contributed by atoms with Gasteiger partial charge < -0.3 is 37.3 Å². The summed E-state index contributed by atoms with van der Waals surface area (Å²) in [6.45, 7) is 0.434. The van der Waals surface area contributed by atoms with E-state index in [-0.39, 0.29) is 31.2 Å². The van der Waals surface area contributed by atoms with Crippen molar-refractivity contribution in [3.8, 4) is 0 Å². The molecule has 3 amide bonds. The zero-order chi connectivity index (χ0) is 27.2. The summed E-state index contributed by atoms with van der Waals surface area (Å²) in [6, 6.07) is 16.8. The fourth-order valence-electron chi connectivity index (χ4n) is 3.46. The standard InChI is InChI=1S/C20H28N4O6.C6H7N.ClH/c1-22-17(25)14(11-12-7-3-2-4-8-12)24-19(27)16-15(30-16)18(26)23-13(20(28)29)9-5-6-10-21;7-6-4-2-1-3-5-6;/h2-4,7-8,13-16H,5-6,9-11,21H2,1H3,(H,22,25)(H,23,26)(H,24,27)(H,28,29);1-5H,7H2;1H/t13-,14-,15?,16?;;/m0../s1. The zero-order valence-corrected chi connectivity index (χ0v) is 22.0. The van der Waals surface area contributed by atoms with Gasteiger partial charge in [0.15, 0.2) is 12.2 Å². The third kappa shape index (κ3) is 11.2. The van der Waals surface area contributed by atoms with Crippen molar-refractivity contribution >= 4 is 41.8 Å². The van der Waals surface area contributed by atoms with E-state index >= 15 is 0 Å². The highest BCUT2D eigenvalue weighted by molar-refractivity contribution is 5.98. The summed E-state index contributed by atoms with van der Waals surface area (Å²) in [6.07, 6.45) is -0.436. The molecule has 11 nitrogen and oxygen atoms in total. The predicted molar refractivity (Wildman–Crippen MR) is 145 cm³/mol. The van der Waals surface area contributed by atoms with Gasteiger partial charge in [-0.25, -0.2) is 4.79 Å². The molecule has 0 spiro atoms. The number of anilines is 1. The quantitative estimate of drug-likeness (QED) is 0.126. The summed E-state index contributed by atoms with van der Waals surface area (Å²) in [5.41, 5.74) is 12.4. The minimum atomic E-state index is -1.16. The van der Waals surface area contributed by atoms with Crippen LogP contribution in [0.3, 0.4) is 0 Å². The number of ether oxygens (including phenoxy) is 1. The Morgan fingerprint density at radius 1 is 0.895 bits per heavy atom. The number of carbonyl (C=O) groups is 4. The molecule has 0 aliphatic carbocycles. The van der Waals surface area contributed by atoms with E-state index in [2.05, 4.69) is 16.0 Å². The Kier molecular flexibility index (Phi) is 14.4. The number of benzene rings is 2. The minimum Gasteiger partial charge on any atom is -0.480 e. The van der Waals surface area contributed by atoms with Gasteiger partial charge in [-0.15, -0.1) is 12.4 Å². The van der Waals surface area contributed by atoms with Gasteiger partial charge in [-0.1, -0.05) is 48.5 Å². The van der Waals surface area contributed by atoms with Crippen molar-refractivity contribution in [2.24, 2.45) is 5.73 Å². The van der Waals surface area contributed by atoms with E-state index in [9.17, 15) is 24.3 Å². The SMILES string of the molecule is CNC(=O)[C@H](Cc1ccccc1)NC(=O)C1OC1C(=O)N[C@@H](CCCCN)C(=O)O.Cl.Nc1ccccc1. The Hall–Kier alpha value is -3.67. The number of nitrogens with two attached hydrogens (primary N) is 2. The van der Waals surface area contributed by atoms with Crippen molar-refractivity contribution in [1.82, 2.24) is 16.0 Å². The fraction of sp³-hybridized carbons (Fsp3) is 0.385. The Morgan fingerprint density at radius 3 is 1.87 bits per heavy atom. The van der Waals surface area contributed by atoms with Crippen molar-refractivity contribution in [3.63, 3.8) is 0 Å². The molecule has 8 N–H and O–H groups in total. The van der Waals surface area contributed by atoms with Crippen LogP contribution >= 0.6 is 12.4 Å². The predicted octanol–water partition coefficient (Wildman–Crippen LogP) is 0.616. The van der Waals surface area contributed by atoms with Crippen LogP contribution < -0.4 is 27.4 Å². The normalized spacial score (nSPS) is 16.8.